The van der Waals surface area contributed by atoms with Crippen molar-refractivity contribution in [1.82, 2.24) is 10.2 Å². The fraction of sp³-hybridized carbons (Fsp3) is 0.310. The summed E-state index contributed by atoms with van der Waals surface area (Å²) in [5.74, 6) is -0.643. The molecule has 3 aromatic rings. The van der Waals surface area contributed by atoms with Gasteiger partial charge in [0.2, 0.25) is 11.8 Å². The van der Waals surface area contributed by atoms with Crippen LogP contribution in [0.2, 0.25) is 5.02 Å². The lowest BCUT2D eigenvalue weighted by atomic mass is 10.1. The maximum Gasteiger partial charge on any atom is 0.273 e. The smallest absolute Gasteiger partial charge is 0.273 e. The van der Waals surface area contributed by atoms with Crippen molar-refractivity contribution in [3.8, 4) is 5.75 Å². The Kier molecular flexibility index (Phi) is 10.9. The largest absolute Gasteiger partial charge is 0.497 e. The summed E-state index contributed by atoms with van der Waals surface area (Å²) in [4.78, 5) is 38.7. The number of aryl methyl sites for hydroxylation is 1. The number of nitrogens with one attached hydrogen (secondary N) is 1. The van der Waals surface area contributed by atoms with Gasteiger partial charge in [-0.15, -0.1) is 0 Å². The number of ether oxygens (including phenoxy) is 1. The van der Waals surface area contributed by atoms with Gasteiger partial charge in [-0.2, -0.15) is 0 Å². The Morgan fingerprint density at radius 1 is 1.10 bits per heavy atom. The number of hydrogen-bond acceptors (Lipinski definition) is 7. The van der Waals surface area contributed by atoms with E-state index in [0.717, 1.165) is 10.4 Å². The molecule has 0 aromatic heterocycles. The molecule has 0 saturated heterocycles. The predicted octanol–water partition coefficient (Wildman–Crippen LogP) is 4.70. The lowest BCUT2D eigenvalue weighted by Gasteiger charge is -2.32. The Bertz CT molecular complexity index is 1550. The number of nitro groups is 1. The maximum absolute atomic E-state index is 14.0. The predicted molar refractivity (Wildman–Crippen MR) is 160 cm³/mol. The molecule has 0 saturated carbocycles. The number of hydrogen-bond donors (Lipinski definition) is 1. The molecule has 1 unspecified atom stereocenters. The molecule has 0 fully saturated rings. The molecule has 42 heavy (non-hydrogen) atoms. The highest BCUT2D eigenvalue weighted by atomic mass is 35.5. The van der Waals surface area contributed by atoms with E-state index in [4.69, 9.17) is 16.3 Å². The van der Waals surface area contributed by atoms with Gasteiger partial charge in [0.05, 0.1) is 22.6 Å². The van der Waals surface area contributed by atoms with Gasteiger partial charge in [0.1, 0.15) is 18.3 Å². The number of carbonyl (C=O) groups is 2. The second-order valence-corrected chi connectivity index (χ2v) is 11.8. The van der Waals surface area contributed by atoms with Gasteiger partial charge in [0.25, 0.3) is 15.7 Å². The first-order valence-corrected chi connectivity index (χ1v) is 14.9. The molecule has 1 N–H and O–H groups in total. The molecular weight excluding hydrogens is 584 g/mol. The summed E-state index contributed by atoms with van der Waals surface area (Å²) in [6.07, 6.45) is 0.684. The number of amides is 2. The highest BCUT2D eigenvalue weighted by Crippen LogP contribution is 2.29. The fourth-order valence-electron chi connectivity index (χ4n) is 4.14. The average molecular weight is 617 g/mol. The molecule has 0 aliphatic rings. The van der Waals surface area contributed by atoms with Gasteiger partial charge in [-0.1, -0.05) is 42.8 Å². The number of carbonyl (C=O) groups excluding carboxylic acids is 2. The topological polar surface area (TPSA) is 139 Å². The van der Waals surface area contributed by atoms with Gasteiger partial charge in [-0.25, -0.2) is 8.42 Å². The molecule has 3 rings (SSSR count). The van der Waals surface area contributed by atoms with Crippen LogP contribution in [0.5, 0.6) is 5.75 Å². The summed E-state index contributed by atoms with van der Waals surface area (Å²) >= 11 is 6.37. The molecule has 3 aromatic carbocycles. The highest BCUT2D eigenvalue weighted by molar-refractivity contribution is 7.92. The summed E-state index contributed by atoms with van der Waals surface area (Å²) in [5, 5.41) is 14.7. The van der Waals surface area contributed by atoms with Crippen molar-refractivity contribution in [3.05, 3.63) is 93.0 Å². The molecule has 13 heteroatoms. The van der Waals surface area contributed by atoms with Crippen molar-refractivity contribution < 1.29 is 27.7 Å². The van der Waals surface area contributed by atoms with E-state index in [2.05, 4.69) is 5.32 Å². The third kappa shape index (κ3) is 7.56. The Morgan fingerprint density at radius 3 is 2.36 bits per heavy atom. The summed E-state index contributed by atoms with van der Waals surface area (Å²) in [7, 11) is -3.05. The minimum atomic E-state index is -4.50. The lowest BCUT2D eigenvalue weighted by molar-refractivity contribution is -0.385. The fourth-order valence-corrected chi connectivity index (χ4v) is 5.77. The molecule has 0 spiro atoms. The average Bonchev–Trinajstić information content (AvgIpc) is 2.97. The van der Waals surface area contributed by atoms with Crippen LogP contribution in [-0.2, 0) is 26.2 Å². The Balaban J connectivity index is 2.09. The molecule has 0 aliphatic heterocycles. The Morgan fingerprint density at radius 2 is 1.76 bits per heavy atom. The van der Waals surface area contributed by atoms with E-state index < -0.39 is 39.3 Å². The number of anilines is 1. The van der Waals surface area contributed by atoms with Gasteiger partial charge in [-0.3, -0.25) is 24.0 Å². The van der Waals surface area contributed by atoms with E-state index >= 15 is 0 Å². The van der Waals surface area contributed by atoms with Crippen molar-refractivity contribution in [2.45, 2.75) is 44.7 Å². The second kappa shape index (κ2) is 14.1. The number of halogens is 1. The summed E-state index contributed by atoms with van der Waals surface area (Å²) < 4.78 is 34.0. The molecule has 224 valence electrons. The number of nitro benzene ring substituents is 1. The minimum absolute atomic E-state index is 0.0638. The van der Waals surface area contributed by atoms with Gasteiger partial charge in [0, 0.05) is 29.7 Å². The van der Waals surface area contributed by atoms with E-state index in [9.17, 15) is 28.1 Å². The van der Waals surface area contributed by atoms with Crippen molar-refractivity contribution in [3.63, 3.8) is 0 Å². The van der Waals surface area contributed by atoms with E-state index in [-0.39, 0.29) is 28.4 Å². The molecule has 0 heterocycles. The molecule has 1 atom stereocenters. The van der Waals surface area contributed by atoms with Gasteiger partial charge in [0.15, 0.2) is 0 Å². The SMILES string of the molecule is CCCNC(=O)C(C)N(Cc1ccccc1Cl)C(=O)CN(c1ccc(OC)cc1)S(=O)(=O)c1ccc(C)c([N+](=O)[O-])c1. The zero-order valence-electron chi connectivity index (χ0n) is 23.7. The normalized spacial score (nSPS) is 11.8. The monoisotopic (exact) mass is 616 g/mol. The first-order valence-electron chi connectivity index (χ1n) is 13.1. The van der Waals surface area contributed by atoms with Crippen LogP contribution in [0.1, 0.15) is 31.4 Å². The van der Waals surface area contributed by atoms with Crippen LogP contribution >= 0.6 is 11.6 Å². The first kappa shape index (κ1) is 32.4. The highest BCUT2D eigenvalue weighted by Gasteiger charge is 2.33. The second-order valence-electron chi connectivity index (χ2n) is 9.50. The van der Waals surface area contributed by atoms with Crippen molar-refractivity contribution in [1.29, 1.82) is 0 Å². The Labute approximate surface area is 250 Å². The summed E-state index contributed by atoms with van der Waals surface area (Å²) in [6.45, 7) is 4.57. The van der Waals surface area contributed by atoms with Crippen LogP contribution < -0.4 is 14.4 Å². The number of rotatable bonds is 13. The third-order valence-electron chi connectivity index (χ3n) is 6.62. The summed E-state index contributed by atoms with van der Waals surface area (Å²) in [6, 6.07) is 15.4. The molecule has 11 nitrogen and oxygen atoms in total. The van der Waals surface area contributed by atoms with Gasteiger partial charge >= 0.3 is 0 Å². The van der Waals surface area contributed by atoms with Crippen LogP contribution in [0.4, 0.5) is 11.4 Å². The van der Waals surface area contributed by atoms with Crippen LogP contribution in [-0.4, -0.2) is 56.3 Å². The van der Waals surface area contributed by atoms with E-state index in [1.807, 2.05) is 6.92 Å². The summed E-state index contributed by atoms with van der Waals surface area (Å²) in [5.41, 5.74) is 0.589. The molecule has 0 radical (unpaired) electrons. The van der Waals surface area contributed by atoms with Crippen LogP contribution in [0.25, 0.3) is 0 Å². The van der Waals surface area contributed by atoms with Gasteiger partial charge in [-0.05, 0) is 62.2 Å². The standard InChI is InChI=1S/C29H33ClN4O7S/c1-5-16-31-29(36)21(3)32(18-22-8-6-7-9-26(22)30)28(35)19-33(23-11-13-24(41-4)14-12-23)42(39,40)25-15-10-20(2)27(17-25)34(37)38/h6-15,17,21H,5,16,18-19H2,1-4H3,(H,31,36). The number of nitrogens with zero attached hydrogens (tertiary/aromatic N) is 3. The lowest BCUT2D eigenvalue weighted by Crippen LogP contribution is -2.51. The number of sulfonamides is 1. The zero-order valence-corrected chi connectivity index (χ0v) is 25.3. The van der Waals surface area contributed by atoms with E-state index in [0.29, 0.717) is 29.3 Å². The maximum atomic E-state index is 14.0. The van der Waals surface area contributed by atoms with Crippen molar-refractivity contribution in [2.24, 2.45) is 0 Å². The minimum Gasteiger partial charge on any atom is -0.497 e. The van der Waals surface area contributed by atoms with Crippen LogP contribution in [0, 0.1) is 17.0 Å². The van der Waals surface area contributed by atoms with Crippen LogP contribution in [0.3, 0.4) is 0 Å². The molecule has 2 amide bonds. The third-order valence-corrected chi connectivity index (χ3v) is 8.76. The van der Waals surface area contributed by atoms with Crippen molar-refractivity contribution in [2.75, 3.05) is 24.5 Å². The zero-order chi connectivity index (χ0) is 31.0. The molecule has 0 bridgehead atoms. The number of methoxy groups -OCH3 is 1. The first-order chi connectivity index (χ1) is 19.9. The quantitative estimate of drug-likeness (QED) is 0.217. The Hall–Kier alpha value is -4.16. The molecular formula is C29H33ClN4O7S. The van der Waals surface area contributed by atoms with Gasteiger partial charge < -0.3 is 15.0 Å². The van der Waals surface area contributed by atoms with E-state index in [1.165, 1.54) is 55.3 Å². The number of benzene rings is 3. The van der Waals surface area contributed by atoms with E-state index in [1.54, 1.807) is 31.2 Å². The molecule has 0 aliphatic carbocycles. The van der Waals surface area contributed by atoms with Crippen LogP contribution in [0.15, 0.2) is 71.6 Å². The van der Waals surface area contributed by atoms with Crippen molar-refractivity contribution >= 4 is 44.8 Å².